The predicted molar refractivity (Wildman–Crippen MR) is 58.7 cm³/mol. The minimum Gasteiger partial charge on any atom is -0.453 e. The fraction of sp³-hybridized carbons (Fsp3) is 0.818. The van der Waals surface area contributed by atoms with E-state index in [1.54, 1.807) is 0 Å². The van der Waals surface area contributed by atoms with Gasteiger partial charge in [-0.1, -0.05) is 34.1 Å². The lowest BCUT2D eigenvalue weighted by atomic mass is 9.85. The second kappa shape index (κ2) is 5.73. The van der Waals surface area contributed by atoms with Crippen LogP contribution in [-0.2, 0) is 9.53 Å². The predicted octanol–water partition coefficient (Wildman–Crippen LogP) is 2.13. The Balaban J connectivity index is 4.52. The van der Waals surface area contributed by atoms with E-state index in [1.807, 2.05) is 27.7 Å². The van der Waals surface area contributed by atoms with Crippen LogP contribution in [0.2, 0.25) is 0 Å². The van der Waals surface area contributed by atoms with Crippen molar-refractivity contribution >= 4 is 11.9 Å². The van der Waals surface area contributed by atoms with Crippen LogP contribution in [0.15, 0.2) is 0 Å². The molecule has 0 aliphatic heterocycles. The van der Waals surface area contributed by atoms with Crippen molar-refractivity contribution in [3.63, 3.8) is 0 Å². The van der Waals surface area contributed by atoms with Crippen LogP contribution in [0, 0.1) is 5.41 Å². The molecule has 0 aromatic carbocycles. The van der Waals surface area contributed by atoms with Crippen molar-refractivity contribution in [3.05, 3.63) is 0 Å². The normalized spacial score (nSPS) is 13.1. The largest absolute Gasteiger partial charge is 0.453 e. The van der Waals surface area contributed by atoms with Gasteiger partial charge in [0.2, 0.25) is 0 Å². The van der Waals surface area contributed by atoms with Gasteiger partial charge >= 0.3 is 6.09 Å². The van der Waals surface area contributed by atoms with E-state index in [4.69, 9.17) is 0 Å². The Kier molecular flexibility index (Phi) is 5.33. The van der Waals surface area contributed by atoms with E-state index in [0.717, 1.165) is 6.42 Å². The number of rotatable bonds is 4. The molecule has 1 atom stereocenters. The summed E-state index contributed by atoms with van der Waals surface area (Å²) >= 11 is 0. The Morgan fingerprint density at radius 1 is 1.33 bits per heavy atom. The minimum atomic E-state index is -0.550. The Bertz CT molecular complexity index is 230. The summed E-state index contributed by atoms with van der Waals surface area (Å²) in [5.74, 6) is 0.0368. The molecule has 0 saturated heterocycles. The van der Waals surface area contributed by atoms with E-state index < -0.39 is 17.6 Å². The molecule has 0 rings (SSSR count). The van der Waals surface area contributed by atoms with E-state index >= 15 is 0 Å². The smallest absolute Gasteiger partial charge is 0.407 e. The molecule has 0 bridgehead atoms. The van der Waals surface area contributed by atoms with Crippen LogP contribution in [0.25, 0.3) is 0 Å². The fourth-order valence-electron chi connectivity index (χ4n) is 1.28. The number of alkyl carbamates (subject to hydrolysis) is 1. The number of hydrogen-bond acceptors (Lipinski definition) is 3. The van der Waals surface area contributed by atoms with Gasteiger partial charge in [0.1, 0.15) is 0 Å². The maximum atomic E-state index is 11.9. The SMILES string of the molecule is CCC[C@H](NC(=O)OC)C(=O)C(C)(C)C. The first kappa shape index (κ1) is 13.9. The first-order chi connectivity index (χ1) is 6.82. The number of carbonyl (C=O) groups is 2. The average Bonchev–Trinajstić information content (AvgIpc) is 2.14. The van der Waals surface area contributed by atoms with Gasteiger partial charge in [-0.05, 0) is 6.42 Å². The Hall–Kier alpha value is -1.06. The van der Waals surface area contributed by atoms with Gasteiger partial charge in [0.15, 0.2) is 5.78 Å². The van der Waals surface area contributed by atoms with Gasteiger partial charge in [-0.25, -0.2) is 4.79 Å². The standard InChI is InChI=1S/C11H21NO3/c1-6-7-8(12-10(14)15-5)9(13)11(2,3)4/h8H,6-7H2,1-5H3,(H,12,14)/t8-/m0/s1. The Labute approximate surface area is 91.4 Å². The summed E-state index contributed by atoms with van der Waals surface area (Å²) in [6.45, 7) is 7.51. The first-order valence-electron chi connectivity index (χ1n) is 5.21. The molecular formula is C11H21NO3. The first-order valence-corrected chi connectivity index (χ1v) is 5.21. The third-order valence-corrected chi connectivity index (χ3v) is 2.11. The van der Waals surface area contributed by atoms with Gasteiger partial charge in [0.05, 0.1) is 13.2 Å². The molecule has 4 nitrogen and oxygen atoms in total. The number of ether oxygens (including phenoxy) is 1. The quantitative estimate of drug-likeness (QED) is 0.781. The third-order valence-electron chi connectivity index (χ3n) is 2.11. The summed E-state index contributed by atoms with van der Waals surface area (Å²) in [6, 6.07) is -0.442. The highest BCUT2D eigenvalue weighted by atomic mass is 16.5. The molecule has 4 heteroatoms. The van der Waals surface area contributed by atoms with Crippen molar-refractivity contribution < 1.29 is 14.3 Å². The van der Waals surface area contributed by atoms with Crippen LogP contribution in [0.1, 0.15) is 40.5 Å². The molecule has 0 radical (unpaired) electrons. The minimum absolute atomic E-state index is 0.0368. The second-order valence-corrected chi connectivity index (χ2v) is 4.59. The molecule has 0 aliphatic carbocycles. The molecule has 1 amide bonds. The van der Waals surface area contributed by atoms with Gasteiger partial charge in [-0.2, -0.15) is 0 Å². The van der Waals surface area contributed by atoms with E-state index in [9.17, 15) is 9.59 Å². The topological polar surface area (TPSA) is 55.4 Å². The number of hydrogen-bond donors (Lipinski definition) is 1. The monoisotopic (exact) mass is 215 g/mol. The number of carbonyl (C=O) groups excluding carboxylic acids is 2. The summed E-state index contributed by atoms with van der Waals surface area (Å²) < 4.78 is 4.49. The highest BCUT2D eigenvalue weighted by Crippen LogP contribution is 2.18. The molecule has 0 aromatic rings. The molecule has 0 heterocycles. The van der Waals surface area contributed by atoms with Crippen molar-refractivity contribution in [3.8, 4) is 0 Å². The molecule has 0 saturated carbocycles. The molecule has 88 valence electrons. The summed E-state index contributed by atoms with van der Waals surface area (Å²) in [7, 11) is 1.29. The molecular weight excluding hydrogens is 194 g/mol. The summed E-state index contributed by atoms with van der Waals surface area (Å²) in [6.07, 6.45) is 0.938. The molecule has 0 unspecified atom stereocenters. The molecule has 0 aliphatic rings. The number of nitrogens with one attached hydrogen (secondary N) is 1. The van der Waals surface area contributed by atoms with Crippen molar-refractivity contribution in [1.29, 1.82) is 0 Å². The van der Waals surface area contributed by atoms with Crippen molar-refractivity contribution in [2.24, 2.45) is 5.41 Å². The van der Waals surface area contributed by atoms with Crippen LogP contribution >= 0.6 is 0 Å². The van der Waals surface area contributed by atoms with Crippen LogP contribution < -0.4 is 5.32 Å². The van der Waals surface area contributed by atoms with Crippen LogP contribution in [0.5, 0.6) is 0 Å². The zero-order valence-corrected chi connectivity index (χ0v) is 10.2. The lowest BCUT2D eigenvalue weighted by molar-refractivity contribution is -0.128. The number of methoxy groups -OCH3 is 1. The van der Waals surface area contributed by atoms with E-state index in [-0.39, 0.29) is 5.78 Å². The van der Waals surface area contributed by atoms with Gasteiger partial charge in [0.25, 0.3) is 0 Å². The maximum Gasteiger partial charge on any atom is 0.407 e. The van der Waals surface area contributed by atoms with Crippen molar-refractivity contribution in [2.45, 2.75) is 46.6 Å². The molecule has 15 heavy (non-hydrogen) atoms. The highest BCUT2D eigenvalue weighted by Gasteiger charge is 2.30. The van der Waals surface area contributed by atoms with Crippen molar-refractivity contribution in [1.82, 2.24) is 5.32 Å². The summed E-state index contributed by atoms with van der Waals surface area (Å²) in [4.78, 5) is 23.0. The molecule has 0 spiro atoms. The molecule has 1 N–H and O–H groups in total. The number of amides is 1. The summed E-state index contributed by atoms with van der Waals surface area (Å²) in [5, 5.41) is 2.56. The lowest BCUT2D eigenvalue weighted by Crippen LogP contribution is -2.45. The fourth-order valence-corrected chi connectivity index (χ4v) is 1.28. The van der Waals surface area contributed by atoms with Gasteiger partial charge in [-0.15, -0.1) is 0 Å². The second-order valence-electron chi connectivity index (χ2n) is 4.59. The average molecular weight is 215 g/mol. The third kappa shape index (κ3) is 4.81. The Morgan fingerprint density at radius 3 is 2.20 bits per heavy atom. The van der Waals surface area contributed by atoms with Gasteiger partial charge < -0.3 is 10.1 Å². The number of Topliss-reactive ketones (excluding diaryl/α,β-unsaturated/α-hetero) is 1. The van der Waals surface area contributed by atoms with Crippen LogP contribution in [0.3, 0.4) is 0 Å². The molecule has 0 aromatic heterocycles. The number of ketones is 1. The van der Waals surface area contributed by atoms with E-state index in [1.165, 1.54) is 7.11 Å². The lowest BCUT2D eigenvalue weighted by Gasteiger charge is -2.24. The van der Waals surface area contributed by atoms with E-state index in [2.05, 4.69) is 10.1 Å². The highest BCUT2D eigenvalue weighted by molar-refractivity contribution is 5.91. The van der Waals surface area contributed by atoms with E-state index in [0.29, 0.717) is 6.42 Å². The zero-order valence-electron chi connectivity index (χ0n) is 10.2. The van der Waals surface area contributed by atoms with Crippen LogP contribution in [-0.4, -0.2) is 25.0 Å². The van der Waals surface area contributed by atoms with Gasteiger partial charge in [-0.3, -0.25) is 4.79 Å². The molecule has 0 fully saturated rings. The maximum absolute atomic E-state index is 11.9. The zero-order chi connectivity index (χ0) is 12.1. The Morgan fingerprint density at radius 2 is 1.87 bits per heavy atom. The van der Waals surface area contributed by atoms with Crippen LogP contribution in [0.4, 0.5) is 4.79 Å². The van der Waals surface area contributed by atoms with Crippen molar-refractivity contribution in [2.75, 3.05) is 7.11 Å². The summed E-state index contributed by atoms with van der Waals surface area (Å²) in [5.41, 5.74) is -0.444. The van der Waals surface area contributed by atoms with Gasteiger partial charge in [0, 0.05) is 5.41 Å².